The fraction of sp³-hybridized carbons (Fsp3) is 0.182. The van der Waals surface area contributed by atoms with Gasteiger partial charge in [0.25, 0.3) is 0 Å². The van der Waals surface area contributed by atoms with E-state index in [1.54, 1.807) is 12.4 Å². The van der Waals surface area contributed by atoms with Gasteiger partial charge in [-0.25, -0.2) is 4.98 Å². The van der Waals surface area contributed by atoms with Gasteiger partial charge in [0, 0.05) is 23.3 Å². The molecule has 2 heterocycles. The summed E-state index contributed by atoms with van der Waals surface area (Å²) in [6, 6.07) is 3.80. The third-order valence-corrected chi connectivity index (χ3v) is 2.95. The monoisotopic (exact) mass is 234 g/mol. The molecule has 4 nitrogen and oxygen atoms in total. The van der Waals surface area contributed by atoms with Crippen molar-refractivity contribution in [3.05, 3.63) is 35.6 Å². The second-order valence-corrected chi connectivity index (χ2v) is 4.00. The van der Waals surface area contributed by atoms with Gasteiger partial charge in [0.15, 0.2) is 0 Å². The quantitative estimate of drug-likeness (QED) is 0.761. The van der Waals surface area contributed by atoms with Gasteiger partial charge in [-0.3, -0.25) is 9.78 Å². The number of methoxy groups -OCH3 is 1. The molecule has 2 rings (SSSR count). The van der Waals surface area contributed by atoms with Crippen LogP contribution in [0.1, 0.15) is 5.69 Å². The van der Waals surface area contributed by atoms with Gasteiger partial charge in [0.1, 0.15) is 5.01 Å². The minimum Gasteiger partial charge on any atom is -0.469 e. The Kier molecular flexibility index (Phi) is 3.26. The highest BCUT2D eigenvalue weighted by molar-refractivity contribution is 7.13. The van der Waals surface area contributed by atoms with Crippen LogP contribution in [0.15, 0.2) is 29.9 Å². The molecule has 2 aromatic heterocycles. The summed E-state index contributed by atoms with van der Waals surface area (Å²) in [5.74, 6) is -0.275. The molecular formula is C11H10N2O2S. The van der Waals surface area contributed by atoms with Crippen molar-refractivity contribution in [2.75, 3.05) is 7.11 Å². The molecule has 0 bridgehead atoms. The summed E-state index contributed by atoms with van der Waals surface area (Å²) in [4.78, 5) is 19.4. The first kappa shape index (κ1) is 10.8. The van der Waals surface area contributed by atoms with Gasteiger partial charge >= 0.3 is 5.97 Å². The SMILES string of the molecule is COC(=O)Cc1csc(-c2cccnc2)n1. The van der Waals surface area contributed by atoms with Crippen molar-refractivity contribution in [2.45, 2.75) is 6.42 Å². The van der Waals surface area contributed by atoms with E-state index in [1.165, 1.54) is 18.4 Å². The van der Waals surface area contributed by atoms with E-state index in [0.717, 1.165) is 16.3 Å². The number of rotatable bonds is 3. The molecule has 16 heavy (non-hydrogen) atoms. The number of ether oxygens (including phenoxy) is 1. The van der Waals surface area contributed by atoms with Gasteiger partial charge in [-0.15, -0.1) is 11.3 Å². The maximum absolute atomic E-state index is 11.1. The first-order valence-electron chi connectivity index (χ1n) is 4.71. The summed E-state index contributed by atoms with van der Waals surface area (Å²) in [6.07, 6.45) is 3.68. The van der Waals surface area contributed by atoms with Crippen molar-refractivity contribution in [3.8, 4) is 10.6 Å². The molecule has 82 valence electrons. The molecular weight excluding hydrogens is 224 g/mol. The molecule has 0 fully saturated rings. The van der Waals surface area contributed by atoms with Crippen LogP contribution < -0.4 is 0 Å². The highest BCUT2D eigenvalue weighted by Crippen LogP contribution is 2.22. The van der Waals surface area contributed by atoms with Crippen LogP contribution in [0.4, 0.5) is 0 Å². The van der Waals surface area contributed by atoms with Crippen molar-refractivity contribution in [1.29, 1.82) is 0 Å². The Balaban J connectivity index is 2.17. The van der Waals surface area contributed by atoms with Crippen molar-refractivity contribution in [2.24, 2.45) is 0 Å². The van der Waals surface area contributed by atoms with Crippen LogP contribution in [-0.4, -0.2) is 23.0 Å². The van der Waals surface area contributed by atoms with E-state index in [-0.39, 0.29) is 12.4 Å². The van der Waals surface area contributed by atoms with Crippen LogP contribution in [0.3, 0.4) is 0 Å². The zero-order valence-corrected chi connectivity index (χ0v) is 9.53. The Bertz CT molecular complexity index is 482. The molecule has 0 saturated heterocycles. The van der Waals surface area contributed by atoms with E-state index in [1.807, 2.05) is 17.5 Å². The Morgan fingerprint density at radius 1 is 1.56 bits per heavy atom. The van der Waals surface area contributed by atoms with E-state index in [9.17, 15) is 4.79 Å². The molecule has 0 aromatic carbocycles. The van der Waals surface area contributed by atoms with Crippen molar-refractivity contribution in [3.63, 3.8) is 0 Å². The average molecular weight is 234 g/mol. The van der Waals surface area contributed by atoms with Gasteiger partial charge in [-0.05, 0) is 12.1 Å². The number of nitrogens with zero attached hydrogens (tertiary/aromatic N) is 2. The van der Waals surface area contributed by atoms with Crippen molar-refractivity contribution >= 4 is 17.3 Å². The van der Waals surface area contributed by atoms with Gasteiger partial charge < -0.3 is 4.74 Å². The number of hydrogen-bond donors (Lipinski definition) is 0. The number of esters is 1. The molecule has 0 saturated carbocycles. The second kappa shape index (κ2) is 4.85. The molecule has 0 unspecified atom stereocenters. The molecule has 0 aliphatic rings. The summed E-state index contributed by atoms with van der Waals surface area (Å²) in [7, 11) is 1.37. The lowest BCUT2D eigenvalue weighted by Crippen LogP contribution is -2.04. The number of hydrogen-bond acceptors (Lipinski definition) is 5. The predicted molar refractivity (Wildman–Crippen MR) is 61.1 cm³/mol. The molecule has 0 spiro atoms. The third kappa shape index (κ3) is 2.43. The predicted octanol–water partition coefficient (Wildman–Crippen LogP) is 1.92. The average Bonchev–Trinajstić information content (AvgIpc) is 2.78. The number of aromatic nitrogens is 2. The first-order valence-corrected chi connectivity index (χ1v) is 5.59. The second-order valence-electron chi connectivity index (χ2n) is 3.14. The first-order chi connectivity index (χ1) is 7.79. The molecule has 0 aliphatic carbocycles. The molecule has 0 N–H and O–H groups in total. The minimum absolute atomic E-state index is 0.216. The molecule has 0 amide bonds. The number of carbonyl (C=O) groups excluding carboxylic acids is 1. The van der Waals surface area contributed by atoms with Crippen LogP contribution >= 0.6 is 11.3 Å². The maximum Gasteiger partial charge on any atom is 0.311 e. The highest BCUT2D eigenvalue weighted by Gasteiger charge is 2.08. The van der Waals surface area contributed by atoms with Gasteiger partial charge in [0.2, 0.25) is 0 Å². The van der Waals surface area contributed by atoms with Crippen LogP contribution in [0.2, 0.25) is 0 Å². The third-order valence-electron chi connectivity index (χ3n) is 2.01. The summed E-state index contributed by atoms with van der Waals surface area (Å²) >= 11 is 1.50. The molecule has 0 atom stereocenters. The Labute approximate surface area is 96.9 Å². The zero-order chi connectivity index (χ0) is 11.4. The number of pyridine rings is 1. The van der Waals surface area contributed by atoms with Crippen LogP contribution in [-0.2, 0) is 16.0 Å². The fourth-order valence-corrected chi connectivity index (χ4v) is 2.04. The lowest BCUT2D eigenvalue weighted by atomic mass is 10.3. The normalized spacial score (nSPS) is 10.1. The molecule has 0 radical (unpaired) electrons. The van der Waals surface area contributed by atoms with Gasteiger partial charge in [-0.2, -0.15) is 0 Å². The van der Waals surface area contributed by atoms with Crippen LogP contribution in [0.25, 0.3) is 10.6 Å². The lowest BCUT2D eigenvalue weighted by molar-refractivity contribution is -0.139. The molecule has 0 aliphatic heterocycles. The summed E-state index contributed by atoms with van der Waals surface area (Å²) in [6.45, 7) is 0. The van der Waals surface area contributed by atoms with Gasteiger partial charge in [-0.1, -0.05) is 0 Å². The Hall–Kier alpha value is -1.75. The number of carbonyl (C=O) groups is 1. The lowest BCUT2D eigenvalue weighted by Gasteiger charge is -1.95. The van der Waals surface area contributed by atoms with E-state index in [0.29, 0.717) is 0 Å². The largest absolute Gasteiger partial charge is 0.469 e. The summed E-state index contributed by atoms with van der Waals surface area (Å²) in [5.41, 5.74) is 1.69. The highest BCUT2D eigenvalue weighted by atomic mass is 32.1. The van der Waals surface area contributed by atoms with E-state index < -0.39 is 0 Å². The van der Waals surface area contributed by atoms with Crippen LogP contribution in [0.5, 0.6) is 0 Å². The van der Waals surface area contributed by atoms with Crippen molar-refractivity contribution in [1.82, 2.24) is 9.97 Å². The van der Waals surface area contributed by atoms with Crippen LogP contribution in [0, 0.1) is 0 Å². The number of thiazole rings is 1. The fourth-order valence-electron chi connectivity index (χ4n) is 1.23. The summed E-state index contributed by atoms with van der Waals surface area (Å²) in [5, 5.41) is 2.73. The van der Waals surface area contributed by atoms with E-state index >= 15 is 0 Å². The minimum atomic E-state index is -0.275. The standard InChI is InChI=1S/C11H10N2O2S/c1-15-10(14)5-9-7-16-11(13-9)8-3-2-4-12-6-8/h2-4,6-7H,5H2,1H3. The Morgan fingerprint density at radius 2 is 2.44 bits per heavy atom. The molecule has 5 heteroatoms. The van der Waals surface area contributed by atoms with Crippen molar-refractivity contribution < 1.29 is 9.53 Å². The van der Waals surface area contributed by atoms with Gasteiger partial charge in [0.05, 0.1) is 19.2 Å². The smallest absolute Gasteiger partial charge is 0.311 e. The molecule has 2 aromatic rings. The summed E-state index contributed by atoms with van der Waals surface area (Å²) < 4.78 is 4.58. The topological polar surface area (TPSA) is 52.1 Å². The zero-order valence-electron chi connectivity index (χ0n) is 8.71. The Morgan fingerprint density at radius 3 is 3.12 bits per heavy atom. The maximum atomic E-state index is 11.1. The van der Waals surface area contributed by atoms with E-state index in [2.05, 4.69) is 14.7 Å². The van der Waals surface area contributed by atoms with E-state index in [4.69, 9.17) is 0 Å².